The van der Waals surface area contributed by atoms with Gasteiger partial charge in [0.1, 0.15) is 4.88 Å². The molecule has 1 amide bonds. The molecule has 4 nitrogen and oxygen atoms in total. The van der Waals surface area contributed by atoms with E-state index in [2.05, 4.69) is 0 Å². The third kappa shape index (κ3) is 2.20. The SMILES string of the molecule is CC1(O)CCCN(C(=O)c2sccc2N)C1. The van der Waals surface area contributed by atoms with Gasteiger partial charge in [0.25, 0.3) is 5.91 Å². The van der Waals surface area contributed by atoms with Crippen molar-refractivity contribution < 1.29 is 9.90 Å². The smallest absolute Gasteiger partial charge is 0.266 e. The molecular formula is C11H16N2O2S. The number of anilines is 1. The second-order valence-electron chi connectivity index (χ2n) is 4.53. The van der Waals surface area contributed by atoms with Gasteiger partial charge >= 0.3 is 0 Å². The first-order valence-electron chi connectivity index (χ1n) is 5.34. The highest BCUT2D eigenvalue weighted by Crippen LogP contribution is 2.25. The normalized spacial score (nSPS) is 25.8. The fourth-order valence-electron chi connectivity index (χ4n) is 2.03. The molecule has 1 aliphatic heterocycles. The van der Waals surface area contributed by atoms with Gasteiger partial charge in [-0.25, -0.2) is 0 Å². The largest absolute Gasteiger partial charge is 0.397 e. The minimum absolute atomic E-state index is 0.0625. The highest BCUT2D eigenvalue weighted by molar-refractivity contribution is 7.12. The zero-order valence-electron chi connectivity index (χ0n) is 9.27. The van der Waals surface area contributed by atoms with Gasteiger partial charge in [0, 0.05) is 13.1 Å². The summed E-state index contributed by atoms with van der Waals surface area (Å²) in [5.41, 5.74) is 5.48. The molecule has 0 radical (unpaired) electrons. The Kier molecular flexibility index (Phi) is 2.90. The van der Waals surface area contributed by atoms with Gasteiger partial charge in [-0.15, -0.1) is 11.3 Å². The van der Waals surface area contributed by atoms with Gasteiger partial charge in [-0.3, -0.25) is 4.79 Å². The van der Waals surface area contributed by atoms with E-state index in [1.807, 2.05) is 5.38 Å². The van der Waals surface area contributed by atoms with Crippen LogP contribution >= 0.6 is 11.3 Å². The Balaban J connectivity index is 2.14. The Labute approximate surface area is 98.7 Å². The number of hydrogen-bond acceptors (Lipinski definition) is 4. The molecule has 88 valence electrons. The molecule has 1 atom stereocenters. The number of piperidine rings is 1. The summed E-state index contributed by atoms with van der Waals surface area (Å²) < 4.78 is 0. The number of aliphatic hydroxyl groups is 1. The van der Waals surface area contributed by atoms with Crippen LogP contribution in [0.4, 0.5) is 5.69 Å². The first-order valence-corrected chi connectivity index (χ1v) is 6.22. The van der Waals surface area contributed by atoms with E-state index < -0.39 is 5.60 Å². The molecule has 0 aliphatic carbocycles. The van der Waals surface area contributed by atoms with Gasteiger partial charge in [0.05, 0.1) is 11.3 Å². The Morgan fingerprint density at radius 3 is 3.00 bits per heavy atom. The predicted molar refractivity (Wildman–Crippen MR) is 64.5 cm³/mol. The highest BCUT2D eigenvalue weighted by atomic mass is 32.1. The number of rotatable bonds is 1. The van der Waals surface area contributed by atoms with Crippen molar-refractivity contribution in [1.29, 1.82) is 0 Å². The van der Waals surface area contributed by atoms with Crippen molar-refractivity contribution in [2.45, 2.75) is 25.4 Å². The molecule has 16 heavy (non-hydrogen) atoms. The number of nitrogen functional groups attached to an aromatic ring is 1. The lowest BCUT2D eigenvalue weighted by molar-refractivity contribution is -0.0105. The van der Waals surface area contributed by atoms with Crippen LogP contribution in [-0.4, -0.2) is 34.6 Å². The van der Waals surface area contributed by atoms with Gasteiger partial charge in [-0.05, 0) is 31.2 Å². The average Bonchev–Trinajstić information content (AvgIpc) is 2.62. The monoisotopic (exact) mass is 240 g/mol. The summed E-state index contributed by atoms with van der Waals surface area (Å²) in [5.74, 6) is -0.0625. The van der Waals surface area contributed by atoms with E-state index in [4.69, 9.17) is 5.73 Å². The number of carbonyl (C=O) groups is 1. The van der Waals surface area contributed by atoms with Crippen LogP contribution in [0.25, 0.3) is 0 Å². The van der Waals surface area contributed by atoms with Crippen LogP contribution < -0.4 is 5.73 Å². The van der Waals surface area contributed by atoms with Crippen LogP contribution in [0.1, 0.15) is 29.4 Å². The van der Waals surface area contributed by atoms with Crippen LogP contribution in [-0.2, 0) is 0 Å². The Morgan fingerprint density at radius 1 is 1.69 bits per heavy atom. The molecular weight excluding hydrogens is 224 g/mol. The quantitative estimate of drug-likeness (QED) is 0.778. The summed E-state index contributed by atoms with van der Waals surface area (Å²) >= 11 is 1.35. The molecule has 1 aromatic heterocycles. The molecule has 1 aliphatic rings. The number of nitrogens with zero attached hydrogens (tertiary/aromatic N) is 1. The maximum Gasteiger partial charge on any atom is 0.266 e. The minimum atomic E-state index is -0.764. The number of nitrogens with two attached hydrogens (primary N) is 1. The lowest BCUT2D eigenvalue weighted by Gasteiger charge is -2.36. The molecule has 5 heteroatoms. The van der Waals surface area contributed by atoms with E-state index in [9.17, 15) is 9.90 Å². The molecule has 2 heterocycles. The maximum atomic E-state index is 12.1. The molecule has 1 saturated heterocycles. The Bertz CT molecular complexity index is 400. The third-order valence-corrected chi connectivity index (χ3v) is 3.77. The van der Waals surface area contributed by atoms with E-state index in [1.165, 1.54) is 11.3 Å². The zero-order chi connectivity index (χ0) is 11.8. The molecule has 1 aromatic rings. The summed E-state index contributed by atoms with van der Waals surface area (Å²) in [5, 5.41) is 11.7. The first-order chi connectivity index (χ1) is 7.49. The fraction of sp³-hybridized carbons (Fsp3) is 0.545. The van der Waals surface area contributed by atoms with E-state index in [1.54, 1.807) is 17.9 Å². The Hall–Kier alpha value is -1.07. The molecule has 0 saturated carbocycles. The summed E-state index contributed by atoms with van der Waals surface area (Å²) in [6.45, 7) is 2.86. The van der Waals surface area contributed by atoms with Crippen molar-refractivity contribution in [3.05, 3.63) is 16.3 Å². The molecule has 2 rings (SSSR count). The molecule has 0 aromatic carbocycles. The van der Waals surface area contributed by atoms with Gasteiger partial charge < -0.3 is 15.7 Å². The first kappa shape index (κ1) is 11.4. The second-order valence-corrected chi connectivity index (χ2v) is 5.45. The van der Waals surface area contributed by atoms with Crippen molar-refractivity contribution in [2.75, 3.05) is 18.8 Å². The summed E-state index contributed by atoms with van der Waals surface area (Å²) in [6, 6.07) is 1.74. The van der Waals surface area contributed by atoms with E-state index >= 15 is 0 Å². The van der Waals surface area contributed by atoms with Crippen molar-refractivity contribution in [3.63, 3.8) is 0 Å². The second kappa shape index (κ2) is 4.07. The van der Waals surface area contributed by atoms with E-state index in [-0.39, 0.29) is 5.91 Å². The average molecular weight is 240 g/mol. The fourth-order valence-corrected chi connectivity index (χ4v) is 2.81. The number of likely N-dealkylation sites (tertiary alicyclic amines) is 1. The van der Waals surface area contributed by atoms with Crippen LogP contribution in [0.15, 0.2) is 11.4 Å². The summed E-state index contributed by atoms with van der Waals surface area (Å²) in [7, 11) is 0. The number of β-amino-alcohol motifs (C(OH)–C–C–N with tert-alkyl or cyclic N) is 1. The number of carbonyl (C=O) groups excluding carboxylic acids is 1. The van der Waals surface area contributed by atoms with Crippen LogP contribution in [0, 0.1) is 0 Å². The topological polar surface area (TPSA) is 66.6 Å². The standard InChI is InChI=1S/C11H16N2O2S/c1-11(15)4-2-5-13(7-11)10(14)9-8(12)3-6-16-9/h3,6,15H,2,4-5,7,12H2,1H3. The zero-order valence-corrected chi connectivity index (χ0v) is 10.1. The van der Waals surface area contributed by atoms with Gasteiger partial charge in [0.15, 0.2) is 0 Å². The molecule has 3 N–H and O–H groups in total. The van der Waals surface area contributed by atoms with Crippen molar-refractivity contribution >= 4 is 22.9 Å². The molecule has 1 unspecified atom stereocenters. The molecule has 0 bridgehead atoms. The highest BCUT2D eigenvalue weighted by Gasteiger charge is 2.32. The molecule has 1 fully saturated rings. The van der Waals surface area contributed by atoms with Gasteiger partial charge in [-0.1, -0.05) is 0 Å². The number of amides is 1. The maximum absolute atomic E-state index is 12.1. The van der Waals surface area contributed by atoms with E-state index in [0.717, 1.165) is 12.8 Å². The van der Waals surface area contributed by atoms with Crippen molar-refractivity contribution in [3.8, 4) is 0 Å². The Morgan fingerprint density at radius 2 is 2.44 bits per heavy atom. The number of hydrogen-bond donors (Lipinski definition) is 2. The van der Waals surface area contributed by atoms with E-state index in [0.29, 0.717) is 23.7 Å². The summed E-state index contributed by atoms with van der Waals surface area (Å²) in [4.78, 5) is 14.4. The van der Waals surface area contributed by atoms with Crippen LogP contribution in [0.5, 0.6) is 0 Å². The van der Waals surface area contributed by atoms with Crippen LogP contribution in [0.3, 0.4) is 0 Å². The lowest BCUT2D eigenvalue weighted by atomic mass is 9.95. The van der Waals surface area contributed by atoms with Crippen molar-refractivity contribution in [1.82, 2.24) is 4.90 Å². The lowest BCUT2D eigenvalue weighted by Crippen LogP contribution is -2.48. The predicted octanol–water partition coefficient (Wildman–Crippen LogP) is 1.32. The minimum Gasteiger partial charge on any atom is -0.397 e. The van der Waals surface area contributed by atoms with Gasteiger partial charge in [0.2, 0.25) is 0 Å². The summed E-state index contributed by atoms with van der Waals surface area (Å²) in [6.07, 6.45) is 1.58. The molecule has 0 spiro atoms. The number of thiophene rings is 1. The van der Waals surface area contributed by atoms with Crippen LogP contribution in [0.2, 0.25) is 0 Å². The third-order valence-electron chi connectivity index (χ3n) is 2.85. The van der Waals surface area contributed by atoms with Gasteiger partial charge in [-0.2, -0.15) is 0 Å². The van der Waals surface area contributed by atoms with Crippen molar-refractivity contribution in [2.24, 2.45) is 0 Å².